The van der Waals surface area contributed by atoms with Gasteiger partial charge in [-0.25, -0.2) is 0 Å². The van der Waals surface area contributed by atoms with E-state index in [4.69, 9.17) is 0 Å². The second kappa shape index (κ2) is 7.52. The number of imide groups is 1. The van der Waals surface area contributed by atoms with E-state index < -0.39 is 0 Å². The van der Waals surface area contributed by atoms with Crippen LogP contribution < -0.4 is 0 Å². The molecule has 0 saturated carbocycles. The number of aromatic nitrogens is 1. The summed E-state index contributed by atoms with van der Waals surface area (Å²) >= 11 is 0.997. The molecule has 0 radical (unpaired) electrons. The molecule has 5 heteroatoms. The van der Waals surface area contributed by atoms with Crippen LogP contribution in [0.5, 0.6) is 0 Å². The zero-order valence-corrected chi connectivity index (χ0v) is 16.6. The number of hydrogen-bond acceptors (Lipinski definition) is 3. The van der Waals surface area contributed by atoms with E-state index in [-0.39, 0.29) is 11.1 Å². The van der Waals surface area contributed by atoms with Crippen molar-refractivity contribution in [1.82, 2.24) is 9.47 Å². The Balaban J connectivity index is 1.62. The fourth-order valence-corrected chi connectivity index (χ4v) is 4.07. The number of aryl methyl sites for hydroxylation is 2. The van der Waals surface area contributed by atoms with Crippen LogP contribution in [0, 0.1) is 13.8 Å². The molecule has 1 fully saturated rings. The molecular weight excluding hydrogens is 368 g/mol. The summed E-state index contributed by atoms with van der Waals surface area (Å²) in [5.41, 5.74) is 5.06. The Bertz CT molecular complexity index is 1070. The summed E-state index contributed by atoms with van der Waals surface area (Å²) in [4.78, 5) is 27.1. The molecule has 0 aliphatic carbocycles. The fraction of sp³-hybridized carbons (Fsp3) is 0.130. The van der Waals surface area contributed by atoms with Gasteiger partial charge in [-0.3, -0.25) is 14.5 Å². The van der Waals surface area contributed by atoms with Crippen molar-refractivity contribution in [2.24, 2.45) is 0 Å². The van der Waals surface area contributed by atoms with Gasteiger partial charge < -0.3 is 4.57 Å². The maximum Gasteiger partial charge on any atom is 0.293 e. The third kappa shape index (κ3) is 3.53. The van der Waals surface area contributed by atoms with Crippen LogP contribution in [-0.2, 0) is 11.3 Å². The highest BCUT2D eigenvalue weighted by Crippen LogP contribution is 2.34. The van der Waals surface area contributed by atoms with Gasteiger partial charge in [0, 0.05) is 17.1 Å². The molecule has 1 saturated heterocycles. The summed E-state index contributed by atoms with van der Waals surface area (Å²) in [6, 6.07) is 21.8. The van der Waals surface area contributed by atoms with E-state index in [0.717, 1.165) is 40.0 Å². The van der Waals surface area contributed by atoms with E-state index >= 15 is 0 Å². The van der Waals surface area contributed by atoms with Gasteiger partial charge in [0.05, 0.1) is 11.4 Å². The first-order valence-corrected chi connectivity index (χ1v) is 9.89. The molecule has 1 aliphatic heterocycles. The Hall–Kier alpha value is -3.05. The highest BCUT2D eigenvalue weighted by molar-refractivity contribution is 8.18. The molecule has 0 atom stereocenters. The zero-order chi connectivity index (χ0) is 19.7. The molecule has 140 valence electrons. The zero-order valence-electron chi connectivity index (χ0n) is 15.8. The second-order valence-electron chi connectivity index (χ2n) is 6.82. The number of benzene rings is 2. The number of amides is 2. The van der Waals surface area contributed by atoms with Gasteiger partial charge in [0.25, 0.3) is 11.1 Å². The summed E-state index contributed by atoms with van der Waals surface area (Å²) in [5.74, 6) is -0.242. The molecule has 2 aromatic carbocycles. The molecule has 4 rings (SSSR count). The molecular formula is C23H20N2O2S. The first-order chi connectivity index (χ1) is 13.5. The lowest BCUT2D eigenvalue weighted by atomic mass is 10.1. The predicted octanol–water partition coefficient (Wildman–Crippen LogP) is 5.33. The monoisotopic (exact) mass is 388 g/mol. The van der Waals surface area contributed by atoms with Crippen molar-refractivity contribution in [1.29, 1.82) is 0 Å². The smallest absolute Gasteiger partial charge is 0.293 e. The molecule has 1 aromatic heterocycles. The third-order valence-corrected chi connectivity index (χ3v) is 5.64. The van der Waals surface area contributed by atoms with Gasteiger partial charge in [0.15, 0.2) is 0 Å². The minimum atomic E-state index is -0.242. The van der Waals surface area contributed by atoms with Crippen molar-refractivity contribution in [3.8, 4) is 5.69 Å². The number of carbonyl (C=O) groups is 2. The largest absolute Gasteiger partial charge is 0.314 e. The van der Waals surface area contributed by atoms with Gasteiger partial charge in [0.1, 0.15) is 0 Å². The number of rotatable bonds is 4. The van der Waals surface area contributed by atoms with Crippen LogP contribution in [0.3, 0.4) is 0 Å². The molecule has 28 heavy (non-hydrogen) atoms. The van der Waals surface area contributed by atoms with Crippen molar-refractivity contribution in [2.45, 2.75) is 20.4 Å². The van der Waals surface area contributed by atoms with Crippen molar-refractivity contribution in [3.63, 3.8) is 0 Å². The average Bonchev–Trinajstić information content (AvgIpc) is 3.18. The summed E-state index contributed by atoms with van der Waals surface area (Å²) in [6.07, 6.45) is 1.81. The lowest BCUT2D eigenvalue weighted by molar-refractivity contribution is -0.123. The fourth-order valence-electron chi connectivity index (χ4n) is 3.25. The SMILES string of the molecule is Cc1ccc(CN2C(=O)S/C(=C\c3ccc(C)n3-c3ccccc3)C2=O)cc1. The van der Waals surface area contributed by atoms with Crippen LogP contribution in [0.25, 0.3) is 11.8 Å². The first-order valence-electron chi connectivity index (χ1n) is 9.07. The predicted molar refractivity (Wildman–Crippen MR) is 113 cm³/mol. The lowest BCUT2D eigenvalue weighted by Gasteiger charge is -2.12. The standard InChI is InChI=1S/C23H20N2O2S/c1-16-8-11-18(12-9-16)15-24-22(26)21(28-23(24)27)14-20-13-10-17(2)25(20)19-6-4-3-5-7-19/h3-14H,15H2,1-2H3/b21-14-. The van der Waals surface area contributed by atoms with Gasteiger partial charge in [-0.05, 0) is 61.5 Å². The van der Waals surface area contributed by atoms with Crippen LogP contribution in [-0.4, -0.2) is 20.6 Å². The average molecular weight is 388 g/mol. The molecule has 4 nitrogen and oxygen atoms in total. The minimum Gasteiger partial charge on any atom is -0.314 e. The molecule has 0 unspecified atom stereocenters. The van der Waals surface area contributed by atoms with Crippen LogP contribution in [0.4, 0.5) is 4.79 Å². The summed E-state index contributed by atoms with van der Waals surface area (Å²) in [5, 5.41) is -0.230. The van der Waals surface area contributed by atoms with Crippen molar-refractivity contribution < 1.29 is 9.59 Å². The molecule has 0 spiro atoms. The maximum atomic E-state index is 12.9. The Labute approximate surface area is 168 Å². The van der Waals surface area contributed by atoms with E-state index in [0.29, 0.717) is 11.4 Å². The Kier molecular flexibility index (Phi) is 4.92. The minimum absolute atomic E-state index is 0.230. The Morgan fingerprint density at radius 1 is 0.893 bits per heavy atom. The van der Waals surface area contributed by atoms with E-state index in [1.165, 1.54) is 4.90 Å². The maximum absolute atomic E-state index is 12.9. The summed E-state index contributed by atoms with van der Waals surface area (Å²) in [6.45, 7) is 4.32. The first kappa shape index (κ1) is 18.3. The number of nitrogens with zero attached hydrogens (tertiary/aromatic N) is 2. The number of hydrogen-bond donors (Lipinski definition) is 0. The van der Waals surface area contributed by atoms with Crippen molar-refractivity contribution in [3.05, 3.63) is 94.1 Å². The number of thioether (sulfide) groups is 1. The van der Waals surface area contributed by atoms with Gasteiger partial charge in [0.2, 0.25) is 0 Å². The molecule has 2 heterocycles. The number of carbonyl (C=O) groups excluding carboxylic acids is 2. The van der Waals surface area contributed by atoms with Crippen LogP contribution in [0.15, 0.2) is 71.6 Å². The van der Waals surface area contributed by atoms with Gasteiger partial charge in [-0.15, -0.1) is 0 Å². The Morgan fingerprint density at radius 2 is 1.61 bits per heavy atom. The quantitative estimate of drug-likeness (QED) is 0.567. The van der Waals surface area contributed by atoms with E-state index in [1.54, 1.807) is 6.08 Å². The van der Waals surface area contributed by atoms with E-state index in [2.05, 4.69) is 4.57 Å². The van der Waals surface area contributed by atoms with Crippen LogP contribution >= 0.6 is 11.8 Å². The van der Waals surface area contributed by atoms with Crippen LogP contribution in [0.2, 0.25) is 0 Å². The summed E-state index contributed by atoms with van der Waals surface area (Å²) in [7, 11) is 0. The number of para-hydroxylation sites is 1. The summed E-state index contributed by atoms with van der Waals surface area (Å²) < 4.78 is 2.08. The molecule has 2 amide bonds. The van der Waals surface area contributed by atoms with E-state index in [9.17, 15) is 9.59 Å². The van der Waals surface area contributed by atoms with Gasteiger partial charge in [-0.1, -0.05) is 48.0 Å². The second-order valence-corrected chi connectivity index (χ2v) is 7.82. The highest BCUT2D eigenvalue weighted by atomic mass is 32.2. The van der Waals surface area contributed by atoms with Crippen molar-refractivity contribution in [2.75, 3.05) is 0 Å². The molecule has 1 aliphatic rings. The van der Waals surface area contributed by atoms with E-state index in [1.807, 2.05) is 80.6 Å². The molecule has 0 bridgehead atoms. The topological polar surface area (TPSA) is 42.3 Å². The van der Waals surface area contributed by atoms with Gasteiger partial charge >= 0.3 is 0 Å². The normalized spacial score (nSPS) is 15.6. The Morgan fingerprint density at radius 3 is 2.32 bits per heavy atom. The lowest BCUT2D eigenvalue weighted by Crippen LogP contribution is -2.27. The van der Waals surface area contributed by atoms with Crippen molar-refractivity contribution >= 4 is 29.0 Å². The van der Waals surface area contributed by atoms with Gasteiger partial charge in [-0.2, -0.15) is 0 Å². The third-order valence-electron chi connectivity index (χ3n) is 4.73. The molecule has 3 aromatic rings. The highest BCUT2D eigenvalue weighted by Gasteiger charge is 2.35. The molecule has 0 N–H and O–H groups in total. The van der Waals surface area contributed by atoms with Crippen LogP contribution in [0.1, 0.15) is 22.5 Å².